The zero-order chi connectivity index (χ0) is 16.1. The van der Waals surface area contributed by atoms with Gasteiger partial charge in [-0.05, 0) is 73.9 Å². The second-order valence-corrected chi connectivity index (χ2v) is 6.53. The fourth-order valence-corrected chi connectivity index (χ4v) is 2.96. The van der Waals surface area contributed by atoms with Gasteiger partial charge in [0, 0.05) is 12.6 Å². The number of hydrogen-bond acceptors (Lipinski definition) is 3. The zero-order valence-corrected chi connectivity index (χ0v) is 14.5. The molecule has 2 rings (SSSR count). The molecular weight excluding hydrogens is 351 g/mol. The Kier molecular flexibility index (Phi) is 6.20. The van der Waals surface area contributed by atoms with Gasteiger partial charge in [0.15, 0.2) is 6.10 Å². The van der Waals surface area contributed by atoms with E-state index < -0.39 is 6.10 Å². The van der Waals surface area contributed by atoms with Crippen LogP contribution in [0.1, 0.15) is 26.7 Å². The Balaban J connectivity index is 1.81. The van der Waals surface area contributed by atoms with Crippen molar-refractivity contribution in [3.63, 3.8) is 0 Å². The standard InChI is InChI=1S/C16H22BrFN2O2/c1-11(20-7-3-4-8-20)10-19-16(21)12(2)22-15-6-5-13(18)9-14(15)17/h5-6,9,11-12H,3-4,7-8,10H2,1-2H3,(H,19,21)/t11-,12-/m0/s1. The number of nitrogens with one attached hydrogen (secondary N) is 1. The average molecular weight is 373 g/mol. The lowest BCUT2D eigenvalue weighted by atomic mass is 10.2. The van der Waals surface area contributed by atoms with Crippen molar-refractivity contribution < 1.29 is 13.9 Å². The van der Waals surface area contributed by atoms with E-state index in [1.807, 2.05) is 0 Å². The number of rotatable bonds is 6. The van der Waals surface area contributed by atoms with E-state index in [1.165, 1.54) is 31.0 Å². The molecule has 0 bridgehead atoms. The van der Waals surface area contributed by atoms with Crippen molar-refractivity contribution in [3.05, 3.63) is 28.5 Å². The number of hydrogen-bond donors (Lipinski definition) is 1. The van der Waals surface area contributed by atoms with Gasteiger partial charge < -0.3 is 10.1 Å². The van der Waals surface area contributed by atoms with E-state index in [1.54, 1.807) is 6.92 Å². The molecule has 1 aromatic carbocycles. The fraction of sp³-hybridized carbons (Fsp3) is 0.562. The first-order valence-corrected chi connectivity index (χ1v) is 8.40. The Morgan fingerprint density at radius 1 is 1.41 bits per heavy atom. The van der Waals surface area contributed by atoms with Crippen molar-refractivity contribution >= 4 is 21.8 Å². The van der Waals surface area contributed by atoms with Gasteiger partial charge >= 0.3 is 0 Å². The minimum absolute atomic E-state index is 0.165. The van der Waals surface area contributed by atoms with Crippen LogP contribution in [0.3, 0.4) is 0 Å². The summed E-state index contributed by atoms with van der Waals surface area (Å²) < 4.78 is 19.1. The van der Waals surface area contributed by atoms with Crippen LogP contribution in [-0.2, 0) is 4.79 Å². The maximum Gasteiger partial charge on any atom is 0.260 e. The molecule has 1 saturated heterocycles. The van der Waals surface area contributed by atoms with Crippen LogP contribution in [-0.4, -0.2) is 42.6 Å². The van der Waals surface area contributed by atoms with Crippen LogP contribution >= 0.6 is 15.9 Å². The van der Waals surface area contributed by atoms with Crippen LogP contribution < -0.4 is 10.1 Å². The molecule has 122 valence electrons. The van der Waals surface area contributed by atoms with Gasteiger partial charge in [0.2, 0.25) is 0 Å². The Morgan fingerprint density at radius 2 is 2.09 bits per heavy atom. The van der Waals surface area contributed by atoms with Crippen molar-refractivity contribution in [2.24, 2.45) is 0 Å². The quantitative estimate of drug-likeness (QED) is 0.834. The van der Waals surface area contributed by atoms with Crippen LogP contribution in [0.15, 0.2) is 22.7 Å². The number of nitrogens with zero attached hydrogens (tertiary/aromatic N) is 1. The number of benzene rings is 1. The van der Waals surface area contributed by atoms with E-state index in [4.69, 9.17) is 4.74 Å². The molecule has 1 aliphatic rings. The van der Waals surface area contributed by atoms with Gasteiger partial charge in [-0.1, -0.05) is 0 Å². The molecule has 22 heavy (non-hydrogen) atoms. The first-order chi connectivity index (χ1) is 10.5. The largest absolute Gasteiger partial charge is 0.480 e. The maximum atomic E-state index is 13.0. The molecule has 0 spiro atoms. The van der Waals surface area contributed by atoms with Crippen molar-refractivity contribution in [2.75, 3.05) is 19.6 Å². The van der Waals surface area contributed by atoms with Gasteiger partial charge in [0.1, 0.15) is 11.6 Å². The fourth-order valence-electron chi connectivity index (χ4n) is 2.52. The molecule has 2 atom stereocenters. The second kappa shape index (κ2) is 7.92. The van der Waals surface area contributed by atoms with Crippen LogP contribution in [0.25, 0.3) is 0 Å². The van der Waals surface area contributed by atoms with Gasteiger partial charge in [-0.3, -0.25) is 9.69 Å². The average Bonchev–Trinajstić information content (AvgIpc) is 3.01. The number of carbonyl (C=O) groups is 1. The van der Waals surface area contributed by atoms with Crippen molar-refractivity contribution in [3.8, 4) is 5.75 Å². The van der Waals surface area contributed by atoms with Crippen molar-refractivity contribution in [1.29, 1.82) is 0 Å². The van der Waals surface area contributed by atoms with Gasteiger partial charge in [-0.25, -0.2) is 4.39 Å². The molecule has 0 radical (unpaired) electrons. The van der Waals surface area contributed by atoms with Crippen molar-refractivity contribution in [1.82, 2.24) is 10.2 Å². The highest BCUT2D eigenvalue weighted by Crippen LogP contribution is 2.26. The zero-order valence-electron chi connectivity index (χ0n) is 12.9. The van der Waals surface area contributed by atoms with E-state index in [9.17, 15) is 9.18 Å². The SMILES string of the molecule is C[C@H](Oc1ccc(F)cc1Br)C(=O)NC[C@H](C)N1CCCC1. The molecule has 1 aromatic rings. The van der Waals surface area contributed by atoms with E-state index in [0.717, 1.165) is 13.1 Å². The Bertz CT molecular complexity index is 521. The number of likely N-dealkylation sites (tertiary alicyclic amines) is 1. The molecule has 1 N–H and O–H groups in total. The molecule has 6 heteroatoms. The summed E-state index contributed by atoms with van der Waals surface area (Å²) in [6, 6.07) is 4.46. The third-order valence-corrected chi connectivity index (χ3v) is 4.52. The highest BCUT2D eigenvalue weighted by atomic mass is 79.9. The minimum Gasteiger partial charge on any atom is -0.480 e. The van der Waals surface area contributed by atoms with Crippen LogP contribution in [0.2, 0.25) is 0 Å². The maximum absolute atomic E-state index is 13.0. The summed E-state index contributed by atoms with van der Waals surface area (Å²) in [5, 5.41) is 2.92. The monoisotopic (exact) mass is 372 g/mol. The minimum atomic E-state index is -0.632. The summed E-state index contributed by atoms with van der Waals surface area (Å²) in [5.41, 5.74) is 0. The first-order valence-electron chi connectivity index (χ1n) is 7.61. The lowest BCUT2D eigenvalue weighted by molar-refractivity contribution is -0.127. The Morgan fingerprint density at radius 3 is 2.73 bits per heavy atom. The summed E-state index contributed by atoms with van der Waals surface area (Å²) in [4.78, 5) is 14.5. The van der Waals surface area contributed by atoms with Crippen LogP contribution in [0, 0.1) is 5.82 Å². The van der Waals surface area contributed by atoms with Gasteiger partial charge in [0.25, 0.3) is 5.91 Å². The molecular formula is C16H22BrFN2O2. The molecule has 0 aromatic heterocycles. The molecule has 1 fully saturated rings. The lowest BCUT2D eigenvalue weighted by Gasteiger charge is -2.24. The summed E-state index contributed by atoms with van der Waals surface area (Å²) in [6.45, 7) is 6.62. The third kappa shape index (κ3) is 4.68. The van der Waals surface area contributed by atoms with E-state index >= 15 is 0 Å². The summed E-state index contributed by atoms with van der Waals surface area (Å²) in [7, 11) is 0. The highest BCUT2D eigenvalue weighted by Gasteiger charge is 2.21. The van der Waals surface area contributed by atoms with E-state index in [-0.39, 0.29) is 11.7 Å². The summed E-state index contributed by atoms with van der Waals surface area (Å²) in [5.74, 6) is -0.0605. The Labute approximate surface area is 139 Å². The molecule has 0 aliphatic carbocycles. The first kappa shape index (κ1) is 17.2. The Hall–Kier alpha value is -1.14. The van der Waals surface area contributed by atoms with Gasteiger partial charge in [-0.2, -0.15) is 0 Å². The van der Waals surface area contributed by atoms with Crippen LogP contribution in [0.4, 0.5) is 4.39 Å². The number of amides is 1. The normalized spacial score (nSPS) is 18.0. The summed E-state index contributed by atoms with van der Waals surface area (Å²) in [6.07, 6.45) is 1.83. The highest BCUT2D eigenvalue weighted by molar-refractivity contribution is 9.10. The number of ether oxygens (including phenoxy) is 1. The van der Waals surface area contributed by atoms with Crippen LogP contribution in [0.5, 0.6) is 5.75 Å². The molecule has 0 unspecified atom stereocenters. The number of carbonyl (C=O) groups excluding carboxylic acids is 1. The molecule has 1 amide bonds. The topological polar surface area (TPSA) is 41.6 Å². The lowest BCUT2D eigenvalue weighted by Crippen LogP contribution is -2.44. The predicted molar refractivity (Wildman–Crippen MR) is 87.5 cm³/mol. The van der Waals surface area contributed by atoms with Gasteiger partial charge in [0.05, 0.1) is 4.47 Å². The molecule has 1 aliphatic heterocycles. The summed E-state index contributed by atoms with van der Waals surface area (Å²) >= 11 is 3.23. The third-order valence-electron chi connectivity index (χ3n) is 3.90. The molecule has 4 nitrogen and oxygen atoms in total. The number of halogens is 2. The predicted octanol–water partition coefficient (Wildman–Crippen LogP) is 2.96. The smallest absolute Gasteiger partial charge is 0.260 e. The van der Waals surface area contributed by atoms with E-state index in [0.29, 0.717) is 22.8 Å². The van der Waals surface area contributed by atoms with E-state index in [2.05, 4.69) is 33.1 Å². The molecule has 1 heterocycles. The second-order valence-electron chi connectivity index (χ2n) is 5.67. The molecule has 0 saturated carbocycles. The van der Waals surface area contributed by atoms with Gasteiger partial charge in [-0.15, -0.1) is 0 Å². The van der Waals surface area contributed by atoms with Crippen molar-refractivity contribution in [2.45, 2.75) is 38.8 Å².